The van der Waals surface area contributed by atoms with Crippen molar-refractivity contribution in [3.05, 3.63) is 30.3 Å². The summed E-state index contributed by atoms with van der Waals surface area (Å²) < 4.78 is 0. The summed E-state index contributed by atoms with van der Waals surface area (Å²) >= 11 is 0. The van der Waals surface area contributed by atoms with Crippen LogP contribution < -0.4 is 57.1 Å². The predicted octanol–water partition coefficient (Wildman–Crippen LogP) is -1.61. The first-order valence-corrected chi connectivity index (χ1v) is 2.20. The normalized spacial score (nSPS) is 7.50. The summed E-state index contributed by atoms with van der Waals surface area (Å²) in [6, 6.07) is 9.49. The van der Waals surface area contributed by atoms with Gasteiger partial charge in [-0.25, -0.2) is 0 Å². The minimum Gasteiger partial charge on any atom is -1.00 e. The fraction of sp³-hybridized carbons (Fsp3) is 0. The molecule has 1 rings (SSSR count). The van der Waals surface area contributed by atoms with Gasteiger partial charge in [0.2, 0.25) is 0 Å². The number of hydrogen-bond acceptors (Lipinski definition) is 1. The molecule has 1 aromatic rings. The topological polar surface area (TPSA) is 26.0 Å². The summed E-state index contributed by atoms with van der Waals surface area (Å²) in [5.74, 6) is 0. The van der Waals surface area contributed by atoms with Crippen molar-refractivity contribution in [3.63, 3.8) is 0 Å². The second-order valence-corrected chi connectivity index (χ2v) is 1.41. The van der Waals surface area contributed by atoms with E-state index in [2.05, 4.69) is 0 Å². The van der Waals surface area contributed by atoms with Gasteiger partial charge in [-0.3, -0.25) is 0 Å². The van der Waals surface area contributed by atoms with Crippen molar-refractivity contribution in [1.29, 1.82) is 0 Å². The molecule has 0 aliphatic heterocycles. The third-order valence-electron chi connectivity index (χ3n) is 0.800. The maximum Gasteiger partial charge on any atom is 1.00 e. The Labute approximate surface area is 93.2 Å². The SMILES string of the molecule is Nc1ccccc1.[H-].[K+]. The van der Waals surface area contributed by atoms with Gasteiger partial charge >= 0.3 is 51.4 Å². The monoisotopic (exact) mass is 133 g/mol. The van der Waals surface area contributed by atoms with Crippen molar-refractivity contribution in [2.24, 2.45) is 0 Å². The molecule has 1 nitrogen and oxygen atoms in total. The third kappa shape index (κ3) is 2.84. The van der Waals surface area contributed by atoms with E-state index in [4.69, 9.17) is 5.73 Å². The Bertz CT molecular complexity index is 143. The summed E-state index contributed by atoms with van der Waals surface area (Å²) in [6.45, 7) is 0. The minimum absolute atomic E-state index is 0. The quantitative estimate of drug-likeness (QED) is 0.334. The molecule has 0 fully saturated rings. The first kappa shape index (κ1) is 8.66. The maximum atomic E-state index is 5.36. The molecule has 0 aliphatic rings. The van der Waals surface area contributed by atoms with Crippen LogP contribution in [0.15, 0.2) is 30.3 Å². The van der Waals surface area contributed by atoms with Gasteiger partial charge in [0.05, 0.1) is 0 Å². The van der Waals surface area contributed by atoms with Gasteiger partial charge in [0.1, 0.15) is 0 Å². The smallest absolute Gasteiger partial charge is 1.00 e. The molecule has 0 spiro atoms. The van der Waals surface area contributed by atoms with Crippen LogP contribution in [0.4, 0.5) is 5.69 Å². The van der Waals surface area contributed by atoms with Crippen LogP contribution in [0.25, 0.3) is 0 Å². The number of hydrogen-bond donors (Lipinski definition) is 1. The number of para-hydroxylation sites is 1. The molecule has 0 atom stereocenters. The number of benzene rings is 1. The van der Waals surface area contributed by atoms with Crippen LogP contribution in [0, 0.1) is 0 Å². The molecule has 0 bridgehead atoms. The van der Waals surface area contributed by atoms with Crippen molar-refractivity contribution in [3.8, 4) is 0 Å². The van der Waals surface area contributed by atoms with Gasteiger partial charge in [-0.15, -0.1) is 0 Å². The molecule has 2 heteroatoms. The molecule has 0 aliphatic carbocycles. The molecule has 0 radical (unpaired) electrons. The van der Waals surface area contributed by atoms with Crippen LogP contribution in [0.3, 0.4) is 0 Å². The molecule has 0 unspecified atom stereocenters. The van der Waals surface area contributed by atoms with Gasteiger partial charge in [-0.1, -0.05) is 18.2 Å². The number of anilines is 1. The first-order chi connectivity index (χ1) is 3.39. The summed E-state index contributed by atoms with van der Waals surface area (Å²) in [7, 11) is 0. The molecule has 8 heavy (non-hydrogen) atoms. The van der Waals surface area contributed by atoms with Crippen molar-refractivity contribution in [2.45, 2.75) is 0 Å². The Morgan fingerprint density at radius 1 is 1.12 bits per heavy atom. The van der Waals surface area contributed by atoms with Crippen molar-refractivity contribution in [2.75, 3.05) is 5.73 Å². The van der Waals surface area contributed by atoms with Gasteiger partial charge in [-0.05, 0) is 12.1 Å². The van der Waals surface area contributed by atoms with Gasteiger partial charge in [-0.2, -0.15) is 0 Å². The fourth-order valence-electron chi connectivity index (χ4n) is 0.453. The van der Waals surface area contributed by atoms with Crippen molar-refractivity contribution >= 4 is 5.69 Å². The third-order valence-corrected chi connectivity index (χ3v) is 0.800. The molecule has 0 saturated heterocycles. The van der Waals surface area contributed by atoms with E-state index in [1.165, 1.54) is 0 Å². The Morgan fingerprint density at radius 3 is 1.88 bits per heavy atom. The van der Waals surface area contributed by atoms with E-state index in [0.717, 1.165) is 5.69 Å². The van der Waals surface area contributed by atoms with Crippen molar-refractivity contribution < 1.29 is 52.8 Å². The summed E-state index contributed by atoms with van der Waals surface area (Å²) in [6.07, 6.45) is 0. The molecule has 2 N–H and O–H groups in total. The second-order valence-electron chi connectivity index (χ2n) is 1.41. The van der Waals surface area contributed by atoms with E-state index in [0.29, 0.717) is 0 Å². The second kappa shape index (κ2) is 4.53. The van der Waals surface area contributed by atoms with Crippen LogP contribution in [-0.4, -0.2) is 0 Å². The van der Waals surface area contributed by atoms with Crippen molar-refractivity contribution in [1.82, 2.24) is 0 Å². The van der Waals surface area contributed by atoms with E-state index in [1.54, 1.807) is 0 Å². The zero-order valence-electron chi connectivity index (χ0n) is 5.96. The minimum atomic E-state index is 0. The van der Waals surface area contributed by atoms with E-state index in [9.17, 15) is 0 Å². The average Bonchev–Trinajstić information content (AvgIpc) is 1.69. The van der Waals surface area contributed by atoms with Crippen LogP contribution in [0.5, 0.6) is 0 Å². The van der Waals surface area contributed by atoms with Crippen LogP contribution in [0.1, 0.15) is 1.43 Å². The Hall–Kier alpha value is 0.656. The summed E-state index contributed by atoms with van der Waals surface area (Å²) in [5.41, 5.74) is 6.18. The summed E-state index contributed by atoms with van der Waals surface area (Å²) in [5, 5.41) is 0. The van der Waals surface area contributed by atoms with Crippen LogP contribution in [-0.2, 0) is 0 Å². The van der Waals surface area contributed by atoms with Gasteiger partial charge < -0.3 is 7.16 Å². The summed E-state index contributed by atoms with van der Waals surface area (Å²) in [4.78, 5) is 0. The molecular formula is C6H8KN. The maximum absolute atomic E-state index is 5.36. The Morgan fingerprint density at radius 2 is 1.62 bits per heavy atom. The molecule has 1 aromatic carbocycles. The molecule has 0 saturated carbocycles. The first-order valence-electron chi connectivity index (χ1n) is 2.20. The number of nitrogen functional groups attached to an aromatic ring is 1. The molecule has 38 valence electrons. The average molecular weight is 133 g/mol. The Kier molecular flexibility index (Phi) is 4.90. The Balaban J connectivity index is 0. The van der Waals surface area contributed by atoms with Gasteiger partial charge in [0, 0.05) is 5.69 Å². The zero-order chi connectivity index (χ0) is 5.11. The largest absolute Gasteiger partial charge is 1.00 e. The van der Waals surface area contributed by atoms with Crippen LogP contribution >= 0.6 is 0 Å². The molecule has 0 aromatic heterocycles. The van der Waals surface area contributed by atoms with E-state index in [-0.39, 0.29) is 52.8 Å². The van der Waals surface area contributed by atoms with Gasteiger partial charge in [0.15, 0.2) is 0 Å². The van der Waals surface area contributed by atoms with E-state index < -0.39 is 0 Å². The van der Waals surface area contributed by atoms with E-state index >= 15 is 0 Å². The van der Waals surface area contributed by atoms with E-state index in [1.807, 2.05) is 30.3 Å². The molecule has 0 amide bonds. The van der Waals surface area contributed by atoms with Gasteiger partial charge in [0.25, 0.3) is 0 Å². The molecule has 0 heterocycles. The standard InChI is InChI=1S/C6H7N.K.H/c7-6-4-2-1-3-5-6;;/h1-5H,7H2;;/q;+1;-1. The fourth-order valence-corrected chi connectivity index (χ4v) is 0.453. The molecular weight excluding hydrogens is 125 g/mol. The predicted molar refractivity (Wildman–Crippen MR) is 32.0 cm³/mol. The van der Waals surface area contributed by atoms with Crippen LogP contribution in [0.2, 0.25) is 0 Å². The number of nitrogens with two attached hydrogens (primary N) is 1. The number of rotatable bonds is 0. The zero-order valence-corrected chi connectivity index (χ0v) is 8.09.